The second kappa shape index (κ2) is 6.10. The lowest BCUT2D eigenvalue weighted by molar-refractivity contribution is 0.0691. The van der Waals surface area contributed by atoms with Gasteiger partial charge in [0, 0.05) is 11.6 Å². The highest BCUT2D eigenvalue weighted by atomic mass is 79.9. The molecule has 2 heterocycles. The molecule has 6 nitrogen and oxygen atoms in total. The summed E-state index contributed by atoms with van der Waals surface area (Å²) in [6.45, 7) is 1.74. The van der Waals surface area contributed by atoms with Gasteiger partial charge in [0.25, 0.3) is 5.91 Å². The molecule has 2 N–H and O–H groups in total. The van der Waals surface area contributed by atoms with E-state index in [-0.39, 0.29) is 17.6 Å². The third-order valence-corrected chi connectivity index (χ3v) is 4.12. The minimum absolute atomic E-state index is 0.0198. The summed E-state index contributed by atoms with van der Waals surface area (Å²) in [7, 11) is 0. The number of nitrogens with zero attached hydrogens (tertiary/aromatic N) is 2. The number of carbonyl (C=O) groups excluding carboxylic acids is 1. The van der Waals surface area contributed by atoms with Crippen LogP contribution in [0.5, 0.6) is 0 Å². The average molecular weight is 356 g/mol. The van der Waals surface area contributed by atoms with Crippen molar-refractivity contribution in [1.82, 2.24) is 15.3 Å². The van der Waals surface area contributed by atoms with Crippen molar-refractivity contribution in [3.05, 3.63) is 44.6 Å². The number of nitrogens with one attached hydrogen (secondary N) is 1. The summed E-state index contributed by atoms with van der Waals surface area (Å²) in [5.74, 6) is -1.38. The Morgan fingerprint density at radius 2 is 2.25 bits per heavy atom. The van der Waals surface area contributed by atoms with Crippen LogP contribution in [-0.2, 0) is 0 Å². The van der Waals surface area contributed by atoms with Crippen molar-refractivity contribution < 1.29 is 14.7 Å². The van der Waals surface area contributed by atoms with Crippen molar-refractivity contribution >= 4 is 39.1 Å². The van der Waals surface area contributed by atoms with Crippen molar-refractivity contribution in [1.29, 1.82) is 0 Å². The molecule has 0 saturated carbocycles. The molecule has 1 amide bonds. The van der Waals surface area contributed by atoms with E-state index < -0.39 is 5.97 Å². The van der Waals surface area contributed by atoms with E-state index in [2.05, 4.69) is 31.2 Å². The molecule has 8 heteroatoms. The molecule has 0 aromatic carbocycles. The lowest BCUT2D eigenvalue weighted by atomic mass is 10.2. The Balaban J connectivity index is 2.11. The normalized spacial score (nSPS) is 11.9. The summed E-state index contributed by atoms with van der Waals surface area (Å²) in [5.41, 5.74) is 0.392. The fourth-order valence-corrected chi connectivity index (χ4v) is 2.71. The van der Waals surface area contributed by atoms with Crippen LogP contribution >= 0.6 is 27.3 Å². The summed E-state index contributed by atoms with van der Waals surface area (Å²) in [5, 5.41) is 13.6. The summed E-state index contributed by atoms with van der Waals surface area (Å²) in [4.78, 5) is 30.8. The van der Waals surface area contributed by atoms with Gasteiger partial charge in [-0.05, 0) is 35.0 Å². The maximum atomic E-state index is 12.1. The van der Waals surface area contributed by atoms with E-state index in [1.807, 2.05) is 0 Å². The van der Waals surface area contributed by atoms with Gasteiger partial charge >= 0.3 is 5.97 Å². The molecule has 0 aliphatic rings. The first-order valence-corrected chi connectivity index (χ1v) is 7.26. The van der Waals surface area contributed by atoms with Gasteiger partial charge in [0.2, 0.25) is 0 Å². The predicted molar refractivity (Wildman–Crippen MR) is 76.9 cm³/mol. The Morgan fingerprint density at radius 3 is 2.85 bits per heavy atom. The molecule has 20 heavy (non-hydrogen) atoms. The van der Waals surface area contributed by atoms with E-state index in [4.69, 9.17) is 5.11 Å². The fourth-order valence-electron chi connectivity index (χ4n) is 1.48. The van der Waals surface area contributed by atoms with E-state index >= 15 is 0 Å². The number of thiazole rings is 1. The smallest absolute Gasteiger partial charge is 0.355 e. The summed E-state index contributed by atoms with van der Waals surface area (Å²) in [6.07, 6.45) is 1.57. The molecular formula is C12H10BrN3O3S. The minimum atomic E-state index is -1.08. The predicted octanol–water partition coefficient (Wildman–Crippen LogP) is 2.49. The zero-order chi connectivity index (χ0) is 14.7. The Kier molecular flexibility index (Phi) is 4.46. The van der Waals surface area contributed by atoms with Gasteiger partial charge in [-0.1, -0.05) is 0 Å². The number of carboxylic acids is 1. The maximum absolute atomic E-state index is 12.1. The number of rotatable bonds is 4. The molecule has 0 bridgehead atoms. The second-order valence-corrected chi connectivity index (χ2v) is 5.55. The van der Waals surface area contributed by atoms with Gasteiger partial charge in [-0.25, -0.2) is 14.8 Å². The van der Waals surface area contributed by atoms with E-state index in [1.54, 1.807) is 25.3 Å². The van der Waals surface area contributed by atoms with E-state index in [9.17, 15) is 9.59 Å². The van der Waals surface area contributed by atoms with Gasteiger partial charge in [-0.15, -0.1) is 11.3 Å². The topological polar surface area (TPSA) is 92.2 Å². The zero-order valence-electron chi connectivity index (χ0n) is 10.3. The fraction of sp³-hybridized carbons (Fsp3) is 0.167. The third kappa shape index (κ3) is 3.20. The molecule has 104 valence electrons. The van der Waals surface area contributed by atoms with Crippen molar-refractivity contribution in [2.45, 2.75) is 13.0 Å². The highest BCUT2D eigenvalue weighted by molar-refractivity contribution is 9.10. The largest absolute Gasteiger partial charge is 0.476 e. The van der Waals surface area contributed by atoms with Crippen LogP contribution < -0.4 is 5.32 Å². The average Bonchev–Trinajstić information content (AvgIpc) is 2.88. The van der Waals surface area contributed by atoms with Crippen molar-refractivity contribution in [3.8, 4) is 0 Å². The first-order chi connectivity index (χ1) is 9.49. The van der Waals surface area contributed by atoms with E-state index in [0.29, 0.717) is 15.2 Å². The second-order valence-electron chi connectivity index (χ2n) is 3.91. The first-order valence-electron chi connectivity index (χ1n) is 5.59. The number of halogens is 1. The van der Waals surface area contributed by atoms with Crippen LogP contribution in [0, 0.1) is 0 Å². The quantitative estimate of drug-likeness (QED) is 0.822. The molecule has 1 unspecified atom stereocenters. The Labute approximate surface area is 127 Å². The number of hydrogen-bond donors (Lipinski definition) is 2. The molecule has 0 spiro atoms. The molecule has 0 aliphatic heterocycles. The van der Waals surface area contributed by atoms with Gasteiger partial charge in [0.15, 0.2) is 5.69 Å². The first kappa shape index (κ1) is 14.6. The number of amides is 1. The van der Waals surface area contributed by atoms with Crippen LogP contribution in [0.1, 0.15) is 38.8 Å². The van der Waals surface area contributed by atoms with Crippen LogP contribution in [0.4, 0.5) is 0 Å². The number of carbonyl (C=O) groups is 2. The monoisotopic (exact) mass is 355 g/mol. The molecule has 2 rings (SSSR count). The van der Waals surface area contributed by atoms with Crippen molar-refractivity contribution in [3.63, 3.8) is 0 Å². The van der Waals surface area contributed by atoms with Crippen LogP contribution in [0.3, 0.4) is 0 Å². The molecule has 2 aromatic heterocycles. The lowest BCUT2D eigenvalue weighted by Gasteiger charge is -2.11. The van der Waals surface area contributed by atoms with Crippen LogP contribution in [0.25, 0.3) is 0 Å². The van der Waals surface area contributed by atoms with Crippen LogP contribution in [-0.4, -0.2) is 27.0 Å². The molecule has 1 atom stereocenters. The highest BCUT2D eigenvalue weighted by Gasteiger charge is 2.18. The maximum Gasteiger partial charge on any atom is 0.355 e. The highest BCUT2D eigenvalue weighted by Crippen LogP contribution is 2.19. The van der Waals surface area contributed by atoms with Crippen molar-refractivity contribution in [2.24, 2.45) is 0 Å². The molecule has 0 radical (unpaired) electrons. The van der Waals surface area contributed by atoms with Crippen LogP contribution in [0.2, 0.25) is 0 Å². The summed E-state index contributed by atoms with van der Waals surface area (Å²) in [6, 6.07) is 2.92. The zero-order valence-corrected chi connectivity index (χ0v) is 12.7. The van der Waals surface area contributed by atoms with Gasteiger partial charge in [-0.3, -0.25) is 4.79 Å². The van der Waals surface area contributed by atoms with Gasteiger partial charge in [-0.2, -0.15) is 0 Å². The third-order valence-electron chi connectivity index (χ3n) is 2.46. The van der Waals surface area contributed by atoms with E-state index in [1.165, 1.54) is 16.7 Å². The van der Waals surface area contributed by atoms with E-state index in [0.717, 1.165) is 0 Å². The Bertz CT molecular complexity index is 659. The molecular weight excluding hydrogens is 346 g/mol. The number of carboxylic acid groups (broad SMARTS) is 1. The number of hydrogen-bond acceptors (Lipinski definition) is 5. The Morgan fingerprint density at radius 1 is 1.50 bits per heavy atom. The molecule has 0 saturated heterocycles. The van der Waals surface area contributed by atoms with Gasteiger partial charge in [0.1, 0.15) is 9.61 Å². The standard InChI is InChI=1S/C12H10BrN3O3S/c1-6(11-16-8(5-20-11)12(18)19)15-10(17)7-3-2-4-14-9(7)13/h2-6H,1H3,(H,15,17)(H,18,19). The summed E-state index contributed by atoms with van der Waals surface area (Å²) < 4.78 is 0.454. The lowest BCUT2D eigenvalue weighted by Crippen LogP contribution is -2.27. The SMILES string of the molecule is CC(NC(=O)c1cccnc1Br)c1nc(C(=O)O)cs1. The minimum Gasteiger partial charge on any atom is -0.476 e. The van der Waals surface area contributed by atoms with Crippen molar-refractivity contribution in [2.75, 3.05) is 0 Å². The van der Waals surface area contributed by atoms with Crippen LogP contribution in [0.15, 0.2) is 28.3 Å². The van der Waals surface area contributed by atoms with Gasteiger partial charge < -0.3 is 10.4 Å². The molecule has 2 aromatic rings. The summed E-state index contributed by atoms with van der Waals surface area (Å²) >= 11 is 4.40. The Hall–Kier alpha value is -1.80. The van der Waals surface area contributed by atoms with Gasteiger partial charge in [0.05, 0.1) is 11.6 Å². The molecule has 0 aliphatic carbocycles. The number of pyridine rings is 1. The number of aromatic carboxylic acids is 1. The number of aromatic nitrogens is 2. The molecule has 0 fully saturated rings.